The van der Waals surface area contributed by atoms with Crippen molar-refractivity contribution in [1.29, 1.82) is 0 Å². The van der Waals surface area contributed by atoms with Gasteiger partial charge in [-0.2, -0.15) is 0 Å². The summed E-state index contributed by atoms with van der Waals surface area (Å²) in [6.07, 6.45) is 0. The minimum Gasteiger partial charge on any atom is -0.496 e. The highest BCUT2D eigenvalue weighted by Crippen LogP contribution is 2.34. The number of ether oxygens (including phenoxy) is 2. The van der Waals surface area contributed by atoms with Gasteiger partial charge in [-0.1, -0.05) is 0 Å². The van der Waals surface area contributed by atoms with Crippen LogP contribution in [0.1, 0.15) is 11.6 Å². The predicted molar refractivity (Wildman–Crippen MR) is 70.5 cm³/mol. The second-order valence-electron chi connectivity index (χ2n) is 3.07. The van der Waals surface area contributed by atoms with Gasteiger partial charge < -0.3 is 20.9 Å². The van der Waals surface area contributed by atoms with Crippen LogP contribution in [-0.4, -0.2) is 20.8 Å². The Kier molecular flexibility index (Phi) is 6.74. The maximum Gasteiger partial charge on any atom is 0.133 e. The van der Waals surface area contributed by atoms with Crippen molar-refractivity contribution in [2.75, 3.05) is 20.8 Å². The molecule has 92 valence electrons. The summed E-state index contributed by atoms with van der Waals surface area (Å²) >= 11 is 3.38. The van der Waals surface area contributed by atoms with E-state index < -0.39 is 0 Å². The smallest absolute Gasteiger partial charge is 0.133 e. The van der Waals surface area contributed by atoms with Gasteiger partial charge in [0.25, 0.3) is 0 Å². The van der Waals surface area contributed by atoms with Crippen LogP contribution in [0.25, 0.3) is 0 Å². The van der Waals surface area contributed by atoms with Crippen molar-refractivity contribution < 1.29 is 9.47 Å². The summed E-state index contributed by atoms with van der Waals surface area (Å²) in [5.41, 5.74) is 12.2. The zero-order chi connectivity index (χ0) is 11.4. The molecule has 0 radical (unpaired) electrons. The molecule has 0 heterocycles. The van der Waals surface area contributed by atoms with Gasteiger partial charge in [0, 0.05) is 18.2 Å². The summed E-state index contributed by atoms with van der Waals surface area (Å²) in [6, 6.07) is 3.41. The van der Waals surface area contributed by atoms with Gasteiger partial charge in [0.2, 0.25) is 0 Å². The van der Waals surface area contributed by atoms with E-state index in [-0.39, 0.29) is 18.4 Å². The summed E-state index contributed by atoms with van der Waals surface area (Å²) in [5.74, 6) is 1.43. The molecular formula is C10H16BrClN2O2. The molecule has 1 aromatic rings. The maximum absolute atomic E-state index is 5.87. The van der Waals surface area contributed by atoms with Crippen molar-refractivity contribution in [2.24, 2.45) is 11.5 Å². The molecule has 0 amide bonds. The number of halogens is 2. The zero-order valence-corrected chi connectivity index (χ0v) is 11.6. The fraction of sp³-hybridized carbons (Fsp3) is 0.400. The highest BCUT2D eigenvalue weighted by molar-refractivity contribution is 9.10. The lowest BCUT2D eigenvalue weighted by Crippen LogP contribution is -2.21. The normalized spacial score (nSPS) is 11.6. The molecule has 0 bridgehead atoms. The van der Waals surface area contributed by atoms with E-state index in [4.69, 9.17) is 20.9 Å². The number of hydrogen-bond donors (Lipinski definition) is 2. The summed E-state index contributed by atoms with van der Waals surface area (Å²) in [5, 5.41) is 0. The molecule has 6 heteroatoms. The number of methoxy groups -OCH3 is 2. The first-order chi connectivity index (χ1) is 7.13. The molecule has 16 heavy (non-hydrogen) atoms. The van der Waals surface area contributed by atoms with E-state index in [0.717, 1.165) is 15.8 Å². The molecule has 4 nitrogen and oxygen atoms in total. The Bertz CT molecular complexity index is 350. The highest BCUT2D eigenvalue weighted by atomic mass is 79.9. The van der Waals surface area contributed by atoms with E-state index in [1.54, 1.807) is 14.2 Å². The van der Waals surface area contributed by atoms with Crippen molar-refractivity contribution in [1.82, 2.24) is 0 Å². The van der Waals surface area contributed by atoms with Gasteiger partial charge in [-0.05, 0) is 28.1 Å². The molecule has 0 aromatic heterocycles. The number of benzene rings is 1. The van der Waals surface area contributed by atoms with Crippen molar-refractivity contribution in [3.63, 3.8) is 0 Å². The summed E-state index contributed by atoms with van der Waals surface area (Å²) in [6.45, 7) is 0.362. The summed E-state index contributed by atoms with van der Waals surface area (Å²) in [7, 11) is 3.20. The lowest BCUT2D eigenvalue weighted by Gasteiger charge is -2.16. The lowest BCUT2D eigenvalue weighted by atomic mass is 10.1. The largest absolute Gasteiger partial charge is 0.496 e. The van der Waals surface area contributed by atoms with E-state index in [2.05, 4.69) is 15.9 Å². The van der Waals surface area contributed by atoms with Crippen LogP contribution in [0.15, 0.2) is 16.6 Å². The van der Waals surface area contributed by atoms with Crippen molar-refractivity contribution in [2.45, 2.75) is 6.04 Å². The van der Waals surface area contributed by atoms with Gasteiger partial charge in [-0.25, -0.2) is 0 Å². The van der Waals surface area contributed by atoms with Gasteiger partial charge in [-0.3, -0.25) is 0 Å². The second kappa shape index (κ2) is 6.96. The van der Waals surface area contributed by atoms with Crippen LogP contribution in [0.4, 0.5) is 0 Å². The molecule has 0 saturated carbocycles. The Morgan fingerprint density at radius 1 is 1.25 bits per heavy atom. The number of rotatable bonds is 4. The second-order valence-corrected chi connectivity index (χ2v) is 3.93. The van der Waals surface area contributed by atoms with Crippen molar-refractivity contribution >= 4 is 28.3 Å². The summed E-state index contributed by atoms with van der Waals surface area (Å²) < 4.78 is 11.2. The van der Waals surface area contributed by atoms with Crippen LogP contribution >= 0.6 is 28.3 Å². The Balaban J connectivity index is 0.00000225. The van der Waals surface area contributed by atoms with Crippen molar-refractivity contribution in [3.8, 4) is 11.5 Å². The van der Waals surface area contributed by atoms with E-state index in [9.17, 15) is 0 Å². The summed E-state index contributed by atoms with van der Waals surface area (Å²) in [4.78, 5) is 0. The maximum atomic E-state index is 5.87. The van der Waals surface area contributed by atoms with Gasteiger partial charge >= 0.3 is 0 Å². The van der Waals surface area contributed by atoms with Gasteiger partial charge in [0.15, 0.2) is 0 Å². The van der Waals surface area contributed by atoms with Crippen molar-refractivity contribution in [3.05, 3.63) is 22.2 Å². The predicted octanol–water partition coefficient (Wildman–Crippen LogP) is 1.85. The zero-order valence-electron chi connectivity index (χ0n) is 9.20. The Labute approximate surface area is 110 Å². The van der Waals surface area contributed by atoms with Gasteiger partial charge in [0.05, 0.1) is 18.7 Å². The Morgan fingerprint density at radius 3 is 2.25 bits per heavy atom. The molecule has 0 spiro atoms. The van der Waals surface area contributed by atoms with E-state index >= 15 is 0 Å². The molecule has 0 unspecified atom stereocenters. The van der Waals surface area contributed by atoms with Crippen LogP contribution in [-0.2, 0) is 0 Å². The van der Waals surface area contributed by atoms with E-state index in [1.807, 2.05) is 12.1 Å². The fourth-order valence-corrected chi connectivity index (χ4v) is 1.79. The number of nitrogens with two attached hydrogens (primary N) is 2. The third-order valence-electron chi connectivity index (χ3n) is 2.16. The SMILES string of the molecule is COc1cc([C@@H](N)CN)c(OC)cc1Br.Cl. The highest BCUT2D eigenvalue weighted by Gasteiger charge is 2.14. The van der Waals surface area contributed by atoms with Crippen LogP contribution in [0.5, 0.6) is 11.5 Å². The Hall–Kier alpha value is -0.490. The van der Waals surface area contributed by atoms with E-state index in [1.165, 1.54) is 0 Å². The average molecular weight is 312 g/mol. The fourth-order valence-electron chi connectivity index (χ4n) is 1.30. The minimum absolute atomic E-state index is 0. The first-order valence-corrected chi connectivity index (χ1v) is 5.30. The standard InChI is InChI=1S/C10H15BrN2O2.ClH/c1-14-9-4-7(11)10(15-2)3-6(9)8(13)5-12;/h3-4,8H,5,12-13H2,1-2H3;1H/t8-;/m0./s1. The quantitative estimate of drug-likeness (QED) is 0.890. The molecule has 0 saturated heterocycles. The van der Waals surface area contributed by atoms with Gasteiger partial charge in [-0.15, -0.1) is 12.4 Å². The molecule has 1 rings (SSSR count). The minimum atomic E-state index is -0.248. The topological polar surface area (TPSA) is 70.5 Å². The van der Waals surface area contributed by atoms with Gasteiger partial charge in [0.1, 0.15) is 11.5 Å². The molecule has 0 fully saturated rings. The Morgan fingerprint density at radius 2 is 1.81 bits per heavy atom. The van der Waals surface area contributed by atoms with Crippen LogP contribution in [0.3, 0.4) is 0 Å². The third-order valence-corrected chi connectivity index (χ3v) is 2.78. The van der Waals surface area contributed by atoms with Crippen LogP contribution < -0.4 is 20.9 Å². The number of hydrogen-bond acceptors (Lipinski definition) is 4. The molecule has 0 aliphatic rings. The third kappa shape index (κ3) is 3.25. The van der Waals surface area contributed by atoms with Crippen LogP contribution in [0.2, 0.25) is 0 Å². The first-order valence-electron chi connectivity index (χ1n) is 4.51. The monoisotopic (exact) mass is 310 g/mol. The molecular weight excluding hydrogens is 295 g/mol. The molecule has 1 atom stereocenters. The lowest BCUT2D eigenvalue weighted by molar-refractivity contribution is 0.393. The average Bonchev–Trinajstić information content (AvgIpc) is 2.27. The van der Waals surface area contributed by atoms with E-state index in [0.29, 0.717) is 12.3 Å². The molecule has 0 aliphatic heterocycles. The molecule has 1 aromatic carbocycles. The first kappa shape index (κ1) is 15.5. The molecule has 4 N–H and O–H groups in total. The molecule has 0 aliphatic carbocycles. The van der Waals surface area contributed by atoms with Crippen LogP contribution in [0, 0.1) is 0 Å².